The highest BCUT2D eigenvalue weighted by Crippen LogP contribution is 2.45. The highest BCUT2D eigenvalue weighted by atomic mass is 31.2. The summed E-state index contributed by atoms with van der Waals surface area (Å²) in [5, 5.41) is 10.6. The van der Waals surface area contributed by atoms with Gasteiger partial charge in [0.25, 0.3) is 0 Å². The summed E-state index contributed by atoms with van der Waals surface area (Å²) in [5.41, 5.74) is 0. The first-order chi connectivity index (χ1) is 48.8. The molecule has 0 aromatic heterocycles. The summed E-state index contributed by atoms with van der Waals surface area (Å²) in [6, 6.07) is 0. The average molecular weight is 1480 g/mol. The summed E-state index contributed by atoms with van der Waals surface area (Å²) < 4.78 is 68.7. The van der Waals surface area contributed by atoms with Gasteiger partial charge in [-0.05, 0) is 43.4 Å². The number of phosphoric acid groups is 2. The van der Waals surface area contributed by atoms with E-state index >= 15 is 0 Å². The number of carbonyl (C=O) groups excluding carboxylic acids is 4. The first-order valence-electron chi connectivity index (χ1n) is 42.4. The summed E-state index contributed by atoms with van der Waals surface area (Å²) in [7, 11) is -9.92. The Morgan fingerprint density at radius 2 is 0.505 bits per heavy atom. The molecule has 0 rings (SSSR count). The minimum atomic E-state index is -4.96. The number of esters is 4. The maximum absolute atomic E-state index is 13.1. The molecule has 600 valence electrons. The lowest BCUT2D eigenvalue weighted by atomic mass is 9.99. The van der Waals surface area contributed by atoms with Crippen LogP contribution in [0.3, 0.4) is 0 Å². The molecule has 6 atom stereocenters. The van der Waals surface area contributed by atoms with Crippen LogP contribution in [0.15, 0.2) is 0 Å². The molecule has 0 aliphatic rings. The third-order valence-electron chi connectivity index (χ3n) is 19.5. The summed E-state index contributed by atoms with van der Waals surface area (Å²) in [4.78, 5) is 73.0. The van der Waals surface area contributed by atoms with Gasteiger partial charge in [0.05, 0.1) is 26.4 Å². The molecule has 0 aromatic carbocycles. The predicted octanol–water partition coefficient (Wildman–Crippen LogP) is 24.5. The van der Waals surface area contributed by atoms with Gasteiger partial charge in [0.2, 0.25) is 0 Å². The molecule has 0 aliphatic carbocycles. The number of aliphatic hydroxyl groups excluding tert-OH is 1. The van der Waals surface area contributed by atoms with Gasteiger partial charge in [0.15, 0.2) is 12.2 Å². The highest BCUT2D eigenvalue weighted by molar-refractivity contribution is 7.47. The zero-order valence-electron chi connectivity index (χ0n) is 66.4. The molecule has 3 N–H and O–H groups in total. The van der Waals surface area contributed by atoms with E-state index in [0.717, 1.165) is 108 Å². The van der Waals surface area contributed by atoms with E-state index in [4.69, 9.17) is 37.0 Å². The monoisotopic (exact) mass is 1480 g/mol. The molecular weight excluding hydrogens is 1320 g/mol. The molecule has 0 aliphatic heterocycles. The van der Waals surface area contributed by atoms with Crippen molar-refractivity contribution in [3.63, 3.8) is 0 Å². The smallest absolute Gasteiger partial charge is 0.462 e. The van der Waals surface area contributed by atoms with Crippen molar-refractivity contribution in [3.8, 4) is 0 Å². The number of aliphatic hydroxyl groups is 1. The second kappa shape index (κ2) is 72.3. The summed E-state index contributed by atoms with van der Waals surface area (Å²) in [6.07, 6.45) is 61.4. The van der Waals surface area contributed by atoms with E-state index in [1.54, 1.807) is 0 Å². The van der Waals surface area contributed by atoms with Gasteiger partial charge in [0.1, 0.15) is 19.3 Å². The minimum absolute atomic E-state index is 0.104. The predicted molar refractivity (Wildman–Crippen MR) is 414 cm³/mol. The largest absolute Gasteiger partial charge is 0.472 e. The Labute approximate surface area is 619 Å². The van der Waals surface area contributed by atoms with Gasteiger partial charge in [-0.2, -0.15) is 0 Å². The topological polar surface area (TPSA) is 237 Å². The van der Waals surface area contributed by atoms with Crippen molar-refractivity contribution in [2.75, 3.05) is 39.6 Å². The molecule has 0 heterocycles. The Morgan fingerprint density at radius 1 is 0.287 bits per heavy atom. The second-order valence-electron chi connectivity index (χ2n) is 30.7. The van der Waals surface area contributed by atoms with Crippen LogP contribution in [0.4, 0.5) is 0 Å². The Balaban J connectivity index is 5.20. The van der Waals surface area contributed by atoms with Crippen LogP contribution in [0.2, 0.25) is 0 Å². The van der Waals surface area contributed by atoms with Gasteiger partial charge in [-0.3, -0.25) is 37.3 Å². The van der Waals surface area contributed by atoms with Gasteiger partial charge < -0.3 is 33.8 Å². The standard InChI is InChI=1S/C82H160O17P2/c1-8-10-11-12-13-14-15-16-17-18-22-25-28-31-36-41-49-56-63-79(84)92-69-77(98-81(86)65-58-51-42-37-32-29-26-23-20-19-21-24-27-30-35-40-48-55-62-75(7)9-2)71-96-100(88,89)94-67-76(83)68-95-101(90,91)97-72-78(70-93-80(85)64-57-50-45-44-47-54-61-74(5)6)99-82(87)66-59-52-43-38-33-34-39-46-53-60-73(3)4/h73-78,83H,8-72H2,1-7H3,(H,88,89)(H,90,91)/t75?,76-,77-,78-/m1/s1. The van der Waals surface area contributed by atoms with Crippen LogP contribution in [0.5, 0.6) is 0 Å². The van der Waals surface area contributed by atoms with Crippen LogP contribution in [-0.2, 0) is 65.4 Å². The Kier molecular flexibility index (Phi) is 70.9. The fourth-order valence-corrected chi connectivity index (χ4v) is 14.2. The third-order valence-corrected chi connectivity index (χ3v) is 21.4. The van der Waals surface area contributed by atoms with Crippen molar-refractivity contribution >= 4 is 39.5 Å². The lowest BCUT2D eigenvalue weighted by Gasteiger charge is -2.21. The lowest BCUT2D eigenvalue weighted by Crippen LogP contribution is -2.30. The van der Waals surface area contributed by atoms with Gasteiger partial charge in [-0.1, -0.05) is 376 Å². The van der Waals surface area contributed by atoms with E-state index in [2.05, 4.69) is 48.5 Å². The minimum Gasteiger partial charge on any atom is -0.462 e. The molecule has 0 bridgehead atoms. The lowest BCUT2D eigenvalue weighted by molar-refractivity contribution is -0.161. The van der Waals surface area contributed by atoms with E-state index in [1.165, 1.54) is 231 Å². The molecule has 17 nitrogen and oxygen atoms in total. The number of hydrogen-bond donors (Lipinski definition) is 3. The maximum atomic E-state index is 13.1. The molecule has 101 heavy (non-hydrogen) atoms. The molecule has 0 fully saturated rings. The molecular formula is C82H160O17P2. The number of carbonyl (C=O) groups is 4. The van der Waals surface area contributed by atoms with Crippen molar-refractivity contribution in [2.45, 2.75) is 446 Å². The SMILES string of the molecule is CCCCCCCCCCCCCCCCCCCCC(=O)OC[C@H](COP(=O)(O)OC[C@@H](O)COP(=O)(O)OC[C@@H](COC(=O)CCCCCCCCC(C)C)OC(=O)CCCCCCCCCCCC(C)C)OC(=O)CCCCCCCCCCCCCCCCCCCCC(C)CC. The van der Waals surface area contributed by atoms with Crippen LogP contribution in [0, 0.1) is 17.8 Å². The van der Waals surface area contributed by atoms with Crippen LogP contribution >= 0.6 is 15.6 Å². The molecule has 0 aromatic rings. The first kappa shape index (κ1) is 99.1. The van der Waals surface area contributed by atoms with Crippen LogP contribution in [-0.4, -0.2) is 96.7 Å². The summed E-state index contributed by atoms with van der Waals surface area (Å²) >= 11 is 0. The average Bonchev–Trinajstić information content (AvgIpc) is 0.971. The van der Waals surface area contributed by atoms with E-state index in [1.807, 2.05) is 0 Å². The molecule has 19 heteroatoms. The van der Waals surface area contributed by atoms with E-state index in [-0.39, 0.29) is 25.7 Å². The number of rotatable bonds is 80. The third kappa shape index (κ3) is 74.7. The van der Waals surface area contributed by atoms with Crippen molar-refractivity contribution in [1.82, 2.24) is 0 Å². The molecule has 0 saturated carbocycles. The number of unbranched alkanes of at least 4 members (excludes halogenated alkanes) is 47. The van der Waals surface area contributed by atoms with Crippen molar-refractivity contribution in [2.24, 2.45) is 17.8 Å². The number of hydrogen-bond acceptors (Lipinski definition) is 15. The van der Waals surface area contributed by atoms with Gasteiger partial charge >= 0.3 is 39.5 Å². The van der Waals surface area contributed by atoms with Gasteiger partial charge in [-0.15, -0.1) is 0 Å². The zero-order chi connectivity index (χ0) is 74.4. The Bertz CT molecular complexity index is 1960. The Morgan fingerprint density at radius 3 is 0.752 bits per heavy atom. The molecule has 3 unspecified atom stereocenters. The molecule has 0 amide bonds. The van der Waals surface area contributed by atoms with E-state index < -0.39 is 97.5 Å². The first-order valence-corrected chi connectivity index (χ1v) is 45.4. The van der Waals surface area contributed by atoms with Crippen LogP contribution in [0.1, 0.15) is 427 Å². The van der Waals surface area contributed by atoms with Crippen molar-refractivity contribution in [1.29, 1.82) is 0 Å². The fourth-order valence-electron chi connectivity index (χ4n) is 12.6. The zero-order valence-corrected chi connectivity index (χ0v) is 68.2. The van der Waals surface area contributed by atoms with Crippen molar-refractivity contribution in [3.05, 3.63) is 0 Å². The van der Waals surface area contributed by atoms with Crippen LogP contribution < -0.4 is 0 Å². The summed E-state index contributed by atoms with van der Waals surface area (Å²) in [6.45, 7) is 11.9. The van der Waals surface area contributed by atoms with Crippen LogP contribution in [0.25, 0.3) is 0 Å². The molecule has 0 saturated heterocycles. The quantitative estimate of drug-likeness (QED) is 0.0222. The van der Waals surface area contributed by atoms with E-state index in [9.17, 15) is 43.2 Å². The summed E-state index contributed by atoms with van der Waals surface area (Å²) in [5.74, 6) is 0.173. The number of phosphoric ester groups is 2. The molecule has 0 spiro atoms. The number of ether oxygens (including phenoxy) is 4. The fraction of sp³-hybridized carbons (Fsp3) is 0.951. The Hall–Kier alpha value is -1.94. The van der Waals surface area contributed by atoms with Gasteiger partial charge in [0, 0.05) is 25.7 Å². The normalized spacial score (nSPS) is 14.2. The van der Waals surface area contributed by atoms with Gasteiger partial charge in [-0.25, -0.2) is 9.13 Å². The van der Waals surface area contributed by atoms with Crippen molar-refractivity contribution < 1.29 is 80.2 Å². The second-order valence-corrected chi connectivity index (χ2v) is 33.6. The van der Waals surface area contributed by atoms with E-state index in [0.29, 0.717) is 31.6 Å². The molecule has 0 radical (unpaired) electrons. The maximum Gasteiger partial charge on any atom is 0.472 e. The highest BCUT2D eigenvalue weighted by Gasteiger charge is 2.30.